The van der Waals surface area contributed by atoms with E-state index >= 15 is 0 Å². The third kappa shape index (κ3) is 1.88. The highest BCUT2D eigenvalue weighted by atomic mass is 19.2. The first kappa shape index (κ1) is 10.6. The number of aryl methyl sites for hydroxylation is 1. The van der Waals surface area contributed by atoms with Gasteiger partial charge in [-0.1, -0.05) is 6.07 Å². The zero-order valence-electron chi connectivity index (χ0n) is 8.65. The first-order chi connectivity index (χ1) is 7.58. The average Bonchev–Trinajstić information content (AvgIpc) is 2.55. The van der Waals surface area contributed by atoms with Crippen LogP contribution in [0.5, 0.6) is 0 Å². The van der Waals surface area contributed by atoms with Crippen LogP contribution in [0.15, 0.2) is 35.4 Å². The smallest absolute Gasteiger partial charge is 0.302 e. The zero-order chi connectivity index (χ0) is 11.7. The summed E-state index contributed by atoms with van der Waals surface area (Å²) in [5.41, 5.74) is 0.358. The summed E-state index contributed by atoms with van der Waals surface area (Å²) >= 11 is 0. The van der Waals surface area contributed by atoms with Crippen molar-refractivity contribution in [2.45, 2.75) is 6.54 Å². The molecule has 1 aromatic heterocycles. The zero-order valence-corrected chi connectivity index (χ0v) is 8.65. The van der Waals surface area contributed by atoms with E-state index < -0.39 is 11.6 Å². The predicted molar refractivity (Wildman–Crippen MR) is 55.1 cm³/mol. The molecule has 0 unspecified atom stereocenters. The van der Waals surface area contributed by atoms with Gasteiger partial charge in [-0.15, -0.1) is 0 Å². The van der Waals surface area contributed by atoms with E-state index in [2.05, 4.69) is 0 Å². The van der Waals surface area contributed by atoms with Crippen molar-refractivity contribution in [3.8, 4) is 0 Å². The molecule has 84 valence electrons. The molecule has 0 aliphatic heterocycles. The molecule has 2 rings (SSSR count). The van der Waals surface area contributed by atoms with Crippen LogP contribution in [0.2, 0.25) is 0 Å². The van der Waals surface area contributed by atoms with Crippen LogP contribution in [-0.4, -0.2) is 9.13 Å². The first-order valence-electron chi connectivity index (χ1n) is 4.73. The second-order valence-electron chi connectivity index (χ2n) is 3.57. The molecular formula is C11H10F2N2O. The Hall–Kier alpha value is -1.91. The molecule has 0 fully saturated rings. The number of halogens is 2. The summed E-state index contributed by atoms with van der Waals surface area (Å²) in [4.78, 5) is 11.5. The molecular weight excluding hydrogens is 214 g/mol. The predicted octanol–water partition coefficient (Wildman–Crippen LogP) is 1.51. The number of imidazole rings is 1. The SMILES string of the molecule is Cn1ccn(Cc2ccc(F)c(F)c2)c1=O. The molecule has 1 aromatic carbocycles. The number of hydrogen-bond donors (Lipinski definition) is 0. The molecule has 16 heavy (non-hydrogen) atoms. The molecule has 0 N–H and O–H groups in total. The lowest BCUT2D eigenvalue weighted by atomic mass is 10.2. The van der Waals surface area contributed by atoms with E-state index in [1.54, 1.807) is 19.4 Å². The Morgan fingerprint density at radius 3 is 2.50 bits per heavy atom. The maximum absolute atomic E-state index is 12.9. The van der Waals surface area contributed by atoms with Crippen molar-refractivity contribution >= 4 is 0 Å². The molecule has 3 nitrogen and oxygen atoms in total. The van der Waals surface area contributed by atoms with E-state index in [1.807, 2.05) is 0 Å². The van der Waals surface area contributed by atoms with Crippen molar-refractivity contribution in [1.29, 1.82) is 0 Å². The average molecular weight is 224 g/mol. The summed E-state index contributed by atoms with van der Waals surface area (Å²) in [6.07, 6.45) is 3.21. The highest BCUT2D eigenvalue weighted by Crippen LogP contribution is 2.09. The molecule has 0 bridgehead atoms. The summed E-state index contributed by atoms with van der Waals surface area (Å²) < 4.78 is 28.4. The summed E-state index contributed by atoms with van der Waals surface area (Å²) in [7, 11) is 1.63. The van der Waals surface area contributed by atoms with Gasteiger partial charge in [0.05, 0.1) is 6.54 Å². The lowest BCUT2D eigenvalue weighted by molar-refractivity contribution is 0.506. The van der Waals surface area contributed by atoms with Crippen molar-refractivity contribution in [3.63, 3.8) is 0 Å². The van der Waals surface area contributed by atoms with Gasteiger partial charge in [0.15, 0.2) is 11.6 Å². The van der Waals surface area contributed by atoms with E-state index in [9.17, 15) is 13.6 Å². The molecule has 2 aromatic rings. The van der Waals surface area contributed by atoms with Crippen molar-refractivity contribution in [2.75, 3.05) is 0 Å². The maximum Gasteiger partial charge on any atom is 0.328 e. The largest absolute Gasteiger partial charge is 0.328 e. The number of rotatable bonds is 2. The lowest BCUT2D eigenvalue weighted by Crippen LogP contribution is -2.22. The Labute approximate surface area is 90.6 Å². The molecule has 0 radical (unpaired) electrons. The van der Waals surface area contributed by atoms with Crippen LogP contribution in [0.4, 0.5) is 8.78 Å². The Morgan fingerprint density at radius 2 is 1.94 bits per heavy atom. The summed E-state index contributed by atoms with van der Waals surface area (Å²) in [5, 5.41) is 0. The van der Waals surface area contributed by atoms with Crippen LogP contribution in [0.3, 0.4) is 0 Å². The Bertz CT molecular complexity index is 572. The van der Waals surface area contributed by atoms with E-state index in [-0.39, 0.29) is 12.2 Å². The second-order valence-corrected chi connectivity index (χ2v) is 3.57. The molecule has 5 heteroatoms. The Morgan fingerprint density at radius 1 is 1.19 bits per heavy atom. The fraction of sp³-hybridized carbons (Fsp3) is 0.182. The monoisotopic (exact) mass is 224 g/mol. The first-order valence-corrected chi connectivity index (χ1v) is 4.73. The van der Waals surface area contributed by atoms with Gasteiger partial charge in [0, 0.05) is 19.4 Å². The van der Waals surface area contributed by atoms with E-state index in [4.69, 9.17) is 0 Å². The van der Waals surface area contributed by atoms with Crippen molar-refractivity contribution < 1.29 is 8.78 Å². The van der Waals surface area contributed by atoms with Crippen molar-refractivity contribution in [2.24, 2.45) is 7.05 Å². The normalized spacial score (nSPS) is 10.7. The summed E-state index contributed by atoms with van der Waals surface area (Å²) in [6.45, 7) is 0.233. The van der Waals surface area contributed by atoms with Crippen LogP contribution in [0.25, 0.3) is 0 Å². The Balaban J connectivity index is 2.31. The number of aromatic nitrogens is 2. The van der Waals surface area contributed by atoms with Crippen LogP contribution in [-0.2, 0) is 13.6 Å². The quantitative estimate of drug-likeness (QED) is 0.759. The molecule has 0 aliphatic carbocycles. The van der Waals surface area contributed by atoms with Gasteiger partial charge in [-0.3, -0.25) is 4.57 Å². The van der Waals surface area contributed by atoms with Gasteiger partial charge in [0.1, 0.15) is 0 Å². The maximum atomic E-state index is 12.9. The number of nitrogens with zero attached hydrogens (tertiary/aromatic N) is 2. The topological polar surface area (TPSA) is 26.9 Å². The summed E-state index contributed by atoms with van der Waals surface area (Å²) in [6, 6.07) is 3.60. The minimum absolute atomic E-state index is 0.190. The highest BCUT2D eigenvalue weighted by Gasteiger charge is 2.05. The third-order valence-corrected chi connectivity index (χ3v) is 2.35. The molecule has 0 amide bonds. The number of hydrogen-bond acceptors (Lipinski definition) is 1. The standard InChI is InChI=1S/C11H10F2N2O/c1-14-4-5-15(11(14)16)7-8-2-3-9(12)10(13)6-8/h2-6H,7H2,1H3. The van der Waals surface area contributed by atoms with Gasteiger partial charge in [0.2, 0.25) is 0 Å². The van der Waals surface area contributed by atoms with Crippen LogP contribution < -0.4 is 5.69 Å². The minimum Gasteiger partial charge on any atom is -0.302 e. The van der Waals surface area contributed by atoms with Gasteiger partial charge >= 0.3 is 5.69 Å². The molecule has 0 atom stereocenters. The minimum atomic E-state index is -0.901. The van der Waals surface area contributed by atoms with Gasteiger partial charge in [0.25, 0.3) is 0 Å². The fourth-order valence-corrected chi connectivity index (χ4v) is 1.47. The molecule has 0 aliphatic rings. The van der Waals surface area contributed by atoms with Crippen molar-refractivity contribution in [1.82, 2.24) is 9.13 Å². The van der Waals surface area contributed by atoms with Crippen LogP contribution in [0, 0.1) is 11.6 Å². The van der Waals surface area contributed by atoms with Gasteiger partial charge in [-0.25, -0.2) is 13.6 Å². The number of benzene rings is 1. The molecule has 0 saturated heterocycles. The molecule has 1 heterocycles. The van der Waals surface area contributed by atoms with E-state index in [0.717, 1.165) is 12.1 Å². The van der Waals surface area contributed by atoms with Crippen LogP contribution >= 0.6 is 0 Å². The van der Waals surface area contributed by atoms with Crippen molar-refractivity contribution in [3.05, 3.63) is 58.3 Å². The van der Waals surface area contributed by atoms with Crippen LogP contribution in [0.1, 0.15) is 5.56 Å². The molecule has 0 spiro atoms. The Kier molecular flexibility index (Phi) is 2.60. The lowest BCUT2D eigenvalue weighted by Gasteiger charge is -2.02. The fourth-order valence-electron chi connectivity index (χ4n) is 1.47. The van der Waals surface area contributed by atoms with E-state index in [1.165, 1.54) is 15.2 Å². The second kappa shape index (κ2) is 3.92. The van der Waals surface area contributed by atoms with Gasteiger partial charge in [-0.05, 0) is 17.7 Å². The highest BCUT2D eigenvalue weighted by molar-refractivity contribution is 5.18. The van der Waals surface area contributed by atoms with E-state index in [0.29, 0.717) is 5.56 Å². The summed E-state index contributed by atoms with van der Waals surface area (Å²) in [5.74, 6) is -1.79. The molecule has 0 saturated carbocycles. The van der Waals surface area contributed by atoms with Gasteiger partial charge < -0.3 is 4.57 Å². The van der Waals surface area contributed by atoms with Gasteiger partial charge in [-0.2, -0.15) is 0 Å². The third-order valence-electron chi connectivity index (χ3n) is 2.35.